The Labute approximate surface area is 106 Å². The maximum atomic E-state index is 11.9. The molecule has 0 saturated heterocycles. The predicted molar refractivity (Wildman–Crippen MR) is 70.9 cm³/mol. The van der Waals surface area contributed by atoms with Gasteiger partial charge in [-0.3, -0.25) is 4.79 Å². The van der Waals surface area contributed by atoms with Gasteiger partial charge in [0.2, 0.25) is 0 Å². The van der Waals surface area contributed by atoms with Crippen molar-refractivity contribution in [3.8, 4) is 5.75 Å². The van der Waals surface area contributed by atoms with Crippen molar-refractivity contribution in [1.82, 2.24) is 9.88 Å². The third kappa shape index (κ3) is 2.17. The number of hydrogen-bond donors (Lipinski definition) is 2. The Morgan fingerprint density at radius 2 is 2.22 bits per heavy atom. The molecule has 1 aromatic heterocycles. The fraction of sp³-hybridized carbons (Fsp3) is 0.308. The van der Waals surface area contributed by atoms with Gasteiger partial charge >= 0.3 is 0 Å². The highest BCUT2D eigenvalue weighted by molar-refractivity contribution is 5.98. The van der Waals surface area contributed by atoms with Gasteiger partial charge in [0, 0.05) is 31.6 Å². The van der Waals surface area contributed by atoms with Crippen molar-refractivity contribution < 1.29 is 9.53 Å². The first-order valence-corrected chi connectivity index (χ1v) is 5.79. The van der Waals surface area contributed by atoms with Crippen LogP contribution in [0.3, 0.4) is 0 Å². The lowest BCUT2D eigenvalue weighted by molar-refractivity contribution is 0.0947. The highest BCUT2D eigenvalue weighted by Gasteiger charge is 2.13. The third-order valence-corrected chi connectivity index (χ3v) is 2.92. The van der Waals surface area contributed by atoms with Gasteiger partial charge in [0.05, 0.1) is 12.6 Å². The molecule has 2 rings (SSSR count). The fourth-order valence-corrected chi connectivity index (χ4v) is 1.93. The molecule has 0 unspecified atom stereocenters. The van der Waals surface area contributed by atoms with Gasteiger partial charge in [-0.25, -0.2) is 0 Å². The predicted octanol–water partition coefficient (Wildman–Crippen LogP) is 0.875. The van der Waals surface area contributed by atoms with Crippen molar-refractivity contribution in [2.45, 2.75) is 0 Å². The zero-order valence-corrected chi connectivity index (χ0v) is 10.6. The summed E-state index contributed by atoms with van der Waals surface area (Å²) in [7, 11) is 3.48. The van der Waals surface area contributed by atoms with Gasteiger partial charge in [-0.05, 0) is 18.2 Å². The Balaban J connectivity index is 2.41. The van der Waals surface area contributed by atoms with Gasteiger partial charge in [-0.2, -0.15) is 0 Å². The summed E-state index contributed by atoms with van der Waals surface area (Å²) >= 11 is 0. The number of nitrogens with one attached hydrogen (secondary N) is 1. The molecular weight excluding hydrogens is 230 g/mol. The van der Waals surface area contributed by atoms with Crippen LogP contribution in [-0.2, 0) is 7.05 Å². The molecule has 3 N–H and O–H groups in total. The zero-order valence-electron chi connectivity index (χ0n) is 10.6. The van der Waals surface area contributed by atoms with Crippen LogP contribution in [0, 0.1) is 0 Å². The molecule has 0 atom stereocenters. The minimum absolute atomic E-state index is 0.113. The Morgan fingerprint density at radius 1 is 1.44 bits per heavy atom. The smallest absolute Gasteiger partial charge is 0.267 e. The summed E-state index contributed by atoms with van der Waals surface area (Å²) in [5.74, 6) is 0.663. The molecule has 0 aliphatic heterocycles. The quantitative estimate of drug-likeness (QED) is 0.842. The van der Waals surface area contributed by atoms with Crippen LogP contribution in [0.1, 0.15) is 10.5 Å². The molecule has 0 spiro atoms. The van der Waals surface area contributed by atoms with Crippen LogP contribution in [0.2, 0.25) is 0 Å². The summed E-state index contributed by atoms with van der Waals surface area (Å²) in [6.07, 6.45) is 0. The molecule has 5 nitrogen and oxygen atoms in total. The van der Waals surface area contributed by atoms with E-state index in [1.54, 1.807) is 7.11 Å². The van der Waals surface area contributed by atoms with Crippen LogP contribution in [0.4, 0.5) is 0 Å². The second-order valence-electron chi connectivity index (χ2n) is 4.06. The van der Waals surface area contributed by atoms with E-state index in [0.717, 1.165) is 16.7 Å². The van der Waals surface area contributed by atoms with Crippen LogP contribution in [0.25, 0.3) is 10.9 Å². The van der Waals surface area contributed by atoms with E-state index in [9.17, 15) is 4.79 Å². The standard InChI is InChI=1S/C13H17N3O2/c1-16-11-8-10(18-2)4-3-9(11)7-12(16)13(17)15-6-5-14/h3-4,7-8H,5-6,14H2,1-2H3,(H,15,17). The number of carbonyl (C=O) groups is 1. The number of benzene rings is 1. The largest absolute Gasteiger partial charge is 0.497 e. The minimum atomic E-state index is -0.113. The highest BCUT2D eigenvalue weighted by Crippen LogP contribution is 2.23. The van der Waals surface area contributed by atoms with Gasteiger partial charge in [0.25, 0.3) is 5.91 Å². The van der Waals surface area contributed by atoms with Gasteiger partial charge in [-0.15, -0.1) is 0 Å². The molecule has 5 heteroatoms. The normalized spacial score (nSPS) is 10.6. The number of aromatic nitrogens is 1. The molecule has 2 aromatic rings. The number of aryl methyl sites for hydroxylation is 1. The summed E-state index contributed by atoms with van der Waals surface area (Å²) in [6, 6.07) is 7.59. The Hall–Kier alpha value is -2.01. The van der Waals surface area contributed by atoms with E-state index >= 15 is 0 Å². The number of carbonyl (C=O) groups excluding carboxylic acids is 1. The van der Waals surface area contributed by atoms with E-state index in [2.05, 4.69) is 5.32 Å². The summed E-state index contributed by atoms with van der Waals surface area (Å²) in [4.78, 5) is 11.9. The molecule has 0 saturated carbocycles. The number of amides is 1. The van der Waals surface area contributed by atoms with Crippen LogP contribution in [-0.4, -0.2) is 30.7 Å². The van der Waals surface area contributed by atoms with Crippen LogP contribution in [0.5, 0.6) is 5.75 Å². The van der Waals surface area contributed by atoms with Crippen molar-refractivity contribution in [1.29, 1.82) is 0 Å². The van der Waals surface area contributed by atoms with Crippen molar-refractivity contribution in [2.24, 2.45) is 12.8 Å². The molecule has 1 heterocycles. The second kappa shape index (κ2) is 5.10. The van der Waals surface area contributed by atoms with Crippen molar-refractivity contribution in [3.05, 3.63) is 30.0 Å². The van der Waals surface area contributed by atoms with E-state index < -0.39 is 0 Å². The molecule has 0 radical (unpaired) electrons. The monoisotopic (exact) mass is 247 g/mol. The topological polar surface area (TPSA) is 69.3 Å². The average Bonchev–Trinajstić information content (AvgIpc) is 2.73. The second-order valence-corrected chi connectivity index (χ2v) is 4.06. The fourth-order valence-electron chi connectivity index (χ4n) is 1.93. The molecule has 1 amide bonds. The number of methoxy groups -OCH3 is 1. The third-order valence-electron chi connectivity index (χ3n) is 2.92. The number of hydrogen-bond acceptors (Lipinski definition) is 3. The zero-order chi connectivity index (χ0) is 13.1. The number of nitrogens with zero attached hydrogens (tertiary/aromatic N) is 1. The molecule has 0 aliphatic rings. The van der Waals surface area contributed by atoms with Crippen molar-refractivity contribution >= 4 is 16.8 Å². The number of fused-ring (bicyclic) bond motifs is 1. The molecule has 0 bridgehead atoms. The van der Waals surface area contributed by atoms with E-state index in [1.165, 1.54) is 0 Å². The Kier molecular flexibility index (Phi) is 3.53. The molecule has 18 heavy (non-hydrogen) atoms. The average molecular weight is 247 g/mol. The first-order valence-electron chi connectivity index (χ1n) is 5.79. The van der Waals surface area contributed by atoms with Gasteiger partial charge in [-0.1, -0.05) is 0 Å². The molecule has 96 valence electrons. The van der Waals surface area contributed by atoms with E-state index in [1.807, 2.05) is 35.9 Å². The summed E-state index contributed by atoms with van der Waals surface area (Å²) in [6.45, 7) is 0.910. The van der Waals surface area contributed by atoms with Crippen molar-refractivity contribution in [3.63, 3.8) is 0 Å². The lowest BCUT2D eigenvalue weighted by Crippen LogP contribution is -2.30. The van der Waals surface area contributed by atoms with Gasteiger partial charge in [0.1, 0.15) is 11.4 Å². The van der Waals surface area contributed by atoms with Gasteiger partial charge < -0.3 is 20.4 Å². The van der Waals surface area contributed by atoms with E-state index in [4.69, 9.17) is 10.5 Å². The first kappa shape index (κ1) is 12.4. The lowest BCUT2D eigenvalue weighted by Gasteiger charge is -2.05. The minimum Gasteiger partial charge on any atom is -0.497 e. The molecular formula is C13H17N3O2. The molecule has 1 aromatic carbocycles. The van der Waals surface area contributed by atoms with Crippen LogP contribution < -0.4 is 15.8 Å². The summed E-state index contributed by atoms with van der Waals surface area (Å²) < 4.78 is 7.03. The number of ether oxygens (including phenoxy) is 1. The maximum absolute atomic E-state index is 11.9. The van der Waals surface area contributed by atoms with E-state index in [-0.39, 0.29) is 5.91 Å². The number of nitrogens with two attached hydrogens (primary N) is 1. The van der Waals surface area contributed by atoms with E-state index in [0.29, 0.717) is 18.8 Å². The first-order chi connectivity index (χ1) is 8.67. The highest BCUT2D eigenvalue weighted by atomic mass is 16.5. The molecule has 0 aliphatic carbocycles. The molecule has 0 fully saturated rings. The van der Waals surface area contributed by atoms with Crippen LogP contribution >= 0.6 is 0 Å². The number of rotatable bonds is 4. The lowest BCUT2D eigenvalue weighted by atomic mass is 10.2. The summed E-state index contributed by atoms with van der Waals surface area (Å²) in [5.41, 5.74) is 6.95. The Morgan fingerprint density at radius 3 is 2.89 bits per heavy atom. The van der Waals surface area contributed by atoms with Crippen LogP contribution in [0.15, 0.2) is 24.3 Å². The summed E-state index contributed by atoms with van der Waals surface area (Å²) in [5, 5.41) is 3.77. The van der Waals surface area contributed by atoms with Crippen molar-refractivity contribution in [2.75, 3.05) is 20.2 Å². The van der Waals surface area contributed by atoms with Gasteiger partial charge in [0.15, 0.2) is 0 Å². The SMILES string of the molecule is COc1ccc2cc(C(=O)NCCN)n(C)c2c1. The Bertz CT molecular complexity index is 575. The maximum Gasteiger partial charge on any atom is 0.267 e.